The number of anilines is 2. The summed E-state index contributed by atoms with van der Waals surface area (Å²) in [7, 11) is 1.55. The first-order chi connectivity index (χ1) is 13.8. The molecular weight excluding hydrogens is 387 g/mol. The van der Waals surface area contributed by atoms with Crippen molar-refractivity contribution in [2.45, 2.75) is 6.18 Å². The second-order valence-corrected chi connectivity index (χ2v) is 6.51. The van der Waals surface area contributed by atoms with E-state index in [0.29, 0.717) is 30.1 Å². The Balaban J connectivity index is 1.56. The highest BCUT2D eigenvalue weighted by Gasteiger charge is 2.43. The number of carbonyl (C=O) groups is 2. The van der Waals surface area contributed by atoms with Gasteiger partial charge in [0, 0.05) is 43.1 Å². The SMILES string of the molecule is COc1ccc(C(=O)Nc2ccc(N3CCN(C(=O)C(F)(F)F)CC3)cc2)cc1. The van der Waals surface area contributed by atoms with Gasteiger partial charge in [0.2, 0.25) is 0 Å². The van der Waals surface area contributed by atoms with Gasteiger partial charge in [-0.25, -0.2) is 0 Å². The molecule has 0 atom stereocenters. The van der Waals surface area contributed by atoms with Crippen LogP contribution in [0.25, 0.3) is 0 Å². The minimum Gasteiger partial charge on any atom is -0.497 e. The Labute approximate surface area is 165 Å². The van der Waals surface area contributed by atoms with E-state index in [1.807, 2.05) is 4.90 Å². The van der Waals surface area contributed by atoms with Crippen molar-refractivity contribution in [3.05, 3.63) is 54.1 Å². The van der Waals surface area contributed by atoms with Crippen LogP contribution in [0.15, 0.2) is 48.5 Å². The van der Waals surface area contributed by atoms with Crippen molar-refractivity contribution in [1.82, 2.24) is 4.90 Å². The number of nitrogens with zero attached hydrogens (tertiary/aromatic N) is 2. The maximum absolute atomic E-state index is 12.5. The third-order valence-electron chi connectivity index (χ3n) is 4.65. The summed E-state index contributed by atoms with van der Waals surface area (Å²) in [5.41, 5.74) is 1.90. The molecule has 2 aromatic rings. The summed E-state index contributed by atoms with van der Waals surface area (Å²) in [6.45, 7) is 0.626. The number of carbonyl (C=O) groups excluding carboxylic acids is 2. The van der Waals surface area contributed by atoms with Crippen molar-refractivity contribution in [3.63, 3.8) is 0 Å². The van der Waals surface area contributed by atoms with Gasteiger partial charge in [0.25, 0.3) is 5.91 Å². The minimum atomic E-state index is -4.84. The fourth-order valence-corrected chi connectivity index (χ4v) is 3.05. The Morgan fingerprint density at radius 2 is 1.52 bits per heavy atom. The summed E-state index contributed by atoms with van der Waals surface area (Å²) >= 11 is 0. The molecule has 0 aromatic heterocycles. The van der Waals surface area contributed by atoms with Gasteiger partial charge in [-0.15, -0.1) is 0 Å². The zero-order chi connectivity index (χ0) is 21.0. The Hall–Kier alpha value is -3.23. The van der Waals surface area contributed by atoms with Crippen LogP contribution >= 0.6 is 0 Å². The number of nitrogens with one attached hydrogen (secondary N) is 1. The van der Waals surface area contributed by atoms with Gasteiger partial charge in [0.05, 0.1) is 7.11 Å². The van der Waals surface area contributed by atoms with Gasteiger partial charge in [-0.2, -0.15) is 13.2 Å². The smallest absolute Gasteiger partial charge is 0.471 e. The molecule has 0 bridgehead atoms. The molecule has 154 valence electrons. The summed E-state index contributed by atoms with van der Waals surface area (Å²) in [5, 5.41) is 2.79. The topological polar surface area (TPSA) is 61.9 Å². The van der Waals surface area contributed by atoms with Crippen molar-refractivity contribution in [3.8, 4) is 5.75 Å². The zero-order valence-corrected chi connectivity index (χ0v) is 15.7. The van der Waals surface area contributed by atoms with Crippen LogP contribution in [0.1, 0.15) is 10.4 Å². The average Bonchev–Trinajstić information content (AvgIpc) is 2.73. The van der Waals surface area contributed by atoms with E-state index < -0.39 is 12.1 Å². The normalized spacial score (nSPS) is 14.5. The van der Waals surface area contributed by atoms with Gasteiger partial charge < -0.3 is 19.9 Å². The number of methoxy groups -OCH3 is 1. The summed E-state index contributed by atoms with van der Waals surface area (Å²) < 4.78 is 42.6. The number of hydrogen-bond acceptors (Lipinski definition) is 4. The van der Waals surface area contributed by atoms with E-state index >= 15 is 0 Å². The first kappa shape index (κ1) is 20.5. The molecule has 6 nitrogen and oxygen atoms in total. The molecule has 1 aliphatic heterocycles. The molecule has 0 aliphatic carbocycles. The quantitative estimate of drug-likeness (QED) is 0.846. The summed E-state index contributed by atoms with van der Waals surface area (Å²) in [6.07, 6.45) is -4.84. The maximum Gasteiger partial charge on any atom is 0.471 e. The van der Waals surface area contributed by atoms with Crippen LogP contribution in [-0.2, 0) is 4.79 Å². The van der Waals surface area contributed by atoms with Gasteiger partial charge in [-0.3, -0.25) is 9.59 Å². The minimum absolute atomic E-state index is 0.00823. The third-order valence-corrected chi connectivity index (χ3v) is 4.65. The lowest BCUT2D eigenvalue weighted by Gasteiger charge is -2.36. The van der Waals surface area contributed by atoms with Crippen molar-refractivity contribution < 1.29 is 27.5 Å². The summed E-state index contributed by atoms with van der Waals surface area (Å²) in [4.78, 5) is 26.3. The molecule has 3 rings (SSSR count). The Morgan fingerprint density at radius 3 is 2.03 bits per heavy atom. The lowest BCUT2D eigenvalue weighted by Crippen LogP contribution is -2.52. The lowest BCUT2D eigenvalue weighted by molar-refractivity contribution is -0.185. The molecule has 1 N–H and O–H groups in total. The van der Waals surface area contributed by atoms with Gasteiger partial charge in [0.1, 0.15) is 5.75 Å². The first-order valence-electron chi connectivity index (χ1n) is 8.94. The van der Waals surface area contributed by atoms with E-state index in [9.17, 15) is 22.8 Å². The monoisotopic (exact) mass is 407 g/mol. The highest BCUT2D eigenvalue weighted by atomic mass is 19.4. The van der Waals surface area contributed by atoms with E-state index in [1.54, 1.807) is 55.6 Å². The molecule has 0 spiro atoms. The predicted octanol–water partition coefficient (Wildman–Crippen LogP) is 3.16. The van der Waals surface area contributed by atoms with Crippen LogP contribution < -0.4 is 15.0 Å². The van der Waals surface area contributed by atoms with Gasteiger partial charge in [-0.05, 0) is 48.5 Å². The third kappa shape index (κ3) is 4.98. The molecule has 0 saturated carbocycles. The largest absolute Gasteiger partial charge is 0.497 e. The lowest BCUT2D eigenvalue weighted by atomic mass is 10.2. The number of piperazine rings is 1. The molecule has 9 heteroatoms. The molecular formula is C20H20F3N3O3. The van der Waals surface area contributed by atoms with E-state index in [1.165, 1.54) is 0 Å². The van der Waals surface area contributed by atoms with E-state index in [0.717, 1.165) is 10.6 Å². The van der Waals surface area contributed by atoms with Crippen LogP contribution in [-0.4, -0.2) is 56.2 Å². The second-order valence-electron chi connectivity index (χ2n) is 6.51. The number of halogens is 3. The number of rotatable bonds is 4. The van der Waals surface area contributed by atoms with Gasteiger partial charge in [0.15, 0.2) is 0 Å². The number of amides is 2. The van der Waals surface area contributed by atoms with Crippen LogP contribution in [0.3, 0.4) is 0 Å². The number of benzene rings is 2. The fourth-order valence-electron chi connectivity index (χ4n) is 3.05. The summed E-state index contributed by atoms with van der Waals surface area (Å²) in [6, 6.07) is 13.7. The Bertz CT molecular complexity index is 859. The maximum atomic E-state index is 12.5. The first-order valence-corrected chi connectivity index (χ1v) is 8.94. The molecule has 0 radical (unpaired) electrons. The highest BCUT2D eigenvalue weighted by molar-refractivity contribution is 6.04. The molecule has 1 fully saturated rings. The number of ether oxygens (including phenoxy) is 1. The molecule has 2 amide bonds. The summed E-state index contributed by atoms with van der Waals surface area (Å²) in [5.74, 6) is -1.41. The predicted molar refractivity (Wildman–Crippen MR) is 102 cm³/mol. The van der Waals surface area contributed by atoms with Crippen LogP contribution in [0.4, 0.5) is 24.5 Å². The van der Waals surface area contributed by atoms with Crippen molar-refractivity contribution >= 4 is 23.2 Å². The molecule has 1 aliphatic rings. The molecule has 0 unspecified atom stereocenters. The number of alkyl halides is 3. The molecule has 1 heterocycles. The fraction of sp³-hybridized carbons (Fsp3) is 0.300. The van der Waals surface area contributed by atoms with Crippen LogP contribution in [0, 0.1) is 0 Å². The molecule has 29 heavy (non-hydrogen) atoms. The highest BCUT2D eigenvalue weighted by Crippen LogP contribution is 2.23. The Morgan fingerprint density at radius 1 is 0.931 bits per heavy atom. The average molecular weight is 407 g/mol. The Kier molecular flexibility index (Phi) is 5.95. The van der Waals surface area contributed by atoms with E-state index in [-0.39, 0.29) is 19.0 Å². The van der Waals surface area contributed by atoms with Crippen LogP contribution in [0.2, 0.25) is 0 Å². The van der Waals surface area contributed by atoms with E-state index in [4.69, 9.17) is 4.74 Å². The van der Waals surface area contributed by atoms with Crippen molar-refractivity contribution in [2.24, 2.45) is 0 Å². The zero-order valence-electron chi connectivity index (χ0n) is 15.7. The molecule has 1 saturated heterocycles. The van der Waals surface area contributed by atoms with Crippen molar-refractivity contribution in [2.75, 3.05) is 43.5 Å². The van der Waals surface area contributed by atoms with Crippen LogP contribution in [0.5, 0.6) is 5.75 Å². The second kappa shape index (κ2) is 8.42. The molecule has 2 aromatic carbocycles. The van der Waals surface area contributed by atoms with E-state index in [2.05, 4.69) is 5.32 Å². The van der Waals surface area contributed by atoms with Crippen molar-refractivity contribution in [1.29, 1.82) is 0 Å². The number of hydrogen-bond donors (Lipinski definition) is 1. The van der Waals surface area contributed by atoms with Gasteiger partial charge >= 0.3 is 12.1 Å². The van der Waals surface area contributed by atoms with Gasteiger partial charge in [-0.1, -0.05) is 0 Å². The standard InChI is InChI=1S/C20H20F3N3O3/c1-29-17-8-2-14(3-9-17)18(27)24-15-4-6-16(7-5-15)25-10-12-26(13-11-25)19(28)20(21,22)23/h2-9H,10-13H2,1H3,(H,24,27).